The van der Waals surface area contributed by atoms with E-state index in [0.717, 1.165) is 53.6 Å². The average Bonchev–Trinajstić information content (AvgIpc) is 3.16. The molecule has 1 aromatic heterocycles. The molecule has 1 fully saturated rings. The Morgan fingerprint density at radius 2 is 1.83 bits per heavy atom. The summed E-state index contributed by atoms with van der Waals surface area (Å²) in [6, 6.07) is 11.5. The number of aryl methyl sites for hydroxylation is 1. The Bertz CT molecular complexity index is 1260. The number of hydrogen-bond donors (Lipinski definition) is 2. The quantitative estimate of drug-likeness (QED) is 0.385. The number of H-pyrrole nitrogens is 1. The summed E-state index contributed by atoms with van der Waals surface area (Å²) < 4.78 is 43.9. The Labute approximate surface area is 205 Å². The van der Waals surface area contributed by atoms with Gasteiger partial charge in [0.2, 0.25) is 5.91 Å². The summed E-state index contributed by atoms with van der Waals surface area (Å²) in [5.41, 5.74) is 10.6. The first-order chi connectivity index (χ1) is 16.6. The molecule has 2 aliphatic rings. The minimum absolute atomic E-state index is 0. The zero-order chi connectivity index (χ0) is 25.2. The van der Waals surface area contributed by atoms with Crippen molar-refractivity contribution in [2.45, 2.75) is 51.3 Å². The van der Waals surface area contributed by atoms with Crippen LogP contribution in [0.5, 0.6) is 5.75 Å². The van der Waals surface area contributed by atoms with E-state index in [0.29, 0.717) is 5.92 Å². The third kappa shape index (κ3) is 5.98. The van der Waals surface area contributed by atoms with E-state index in [1.54, 1.807) is 18.2 Å². The van der Waals surface area contributed by atoms with Crippen molar-refractivity contribution in [1.82, 2.24) is 4.98 Å². The maximum Gasteiger partial charge on any atom is 0.416 e. The zero-order valence-electron chi connectivity index (χ0n) is 19.7. The smallest absolute Gasteiger partial charge is 0.416 e. The number of nitrogens with one attached hydrogen (secondary N) is 1. The van der Waals surface area contributed by atoms with E-state index in [-0.39, 0.29) is 26.7 Å². The summed E-state index contributed by atoms with van der Waals surface area (Å²) in [6.07, 6.45) is 4.00. The number of carbonyl (C=O) groups excluding carboxylic acids is 1. The Morgan fingerprint density at radius 3 is 2.43 bits per heavy atom. The third-order valence-electron chi connectivity index (χ3n) is 6.64. The molecule has 3 aromatic rings. The molecule has 188 valence electrons. The van der Waals surface area contributed by atoms with Crippen molar-refractivity contribution in [2.24, 2.45) is 17.6 Å². The fraction of sp³-hybridized carbons (Fsp3) is 0.357. The van der Waals surface area contributed by atoms with Gasteiger partial charge in [-0.2, -0.15) is 13.2 Å². The van der Waals surface area contributed by atoms with Crippen LogP contribution < -0.4 is 10.5 Å². The molecule has 1 amide bonds. The number of halogens is 3. The van der Waals surface area contributed by atoms with Gasteiger partial charge >= 0.3 is 6.18 Å². The van der Waals surface area contributed by atoms with Gasteiger partial charge in [-0.15, -0.1) is 5.73 Å². The Hall–Kier alpha value is -3.44. The lowest BCUT2D eigenvalue weighted by Gasteiger charge is -2.35. The molecule has 5 rings (SSSR count). The van der Waals surface area contributed by atoms with Crippen LogP contribution in [0.15, 0.2) is 66.5 Å². The highest BCUT2D eigenvalue weighted by molar-refractivity contribution is 5.84. The van der Waals surface area contributed by atoms with E-state index >= 15 is 0 Å². The highest BCUT2D eigenvalue weighted by atomic mass is 19.4. The molecule has 3 N–H and O–H groups in total. The van der Waals surface area contributed by atoms with Gasteiger partial charge in [-0.25, -0.2) is 0 Å². The number of alkyl halides is 3. The van der Waals surface area contributed by atoms with Crippen LogP contribution in [0.25, 0.3) is 10.9 Å². The second-order valence-electron chi connectivity index (χ2n) is 9.43. The summed E-state index contributed by atoms with van der Waals surface area (Å²) in [5, 5.41) is 1.15. The topological polar surface area (TPSA) is 68.1 Å². The van der Waals surface area contributed by atoms with Crippen molar-refractivity contribution in [2.75, 3.05) is 0 Å². The van der Waals surface area contributed by atoms with Crippen LogP contribution in [0.4, 0.5) is 13.2 Å². The fourth-order valence-electron chi connectivity index (χ4n) is 4.45. The van der Waals surface area contributed by atoms with Crippen LogP contribution in [0.1, 0.15) is 51.6 Å². The van der Waals surface area contributed by atoms with Gasteiger partial charge in [-0.3, -0.25) is 4.79 Å². The van der Waals surface area contributed by atoms with Crippen molar-refractivity contribution >= 4 is 16.8 Å². The number of amides is 1. The van der Waals surface area contributed by atoms with E-state index in [1.807, 2.05) is 37.4 Å². The number of aromatic nitrogens is 1. The number of aromatic amines is 1. The van der Waals surface area contributed by atoms with E-state index in [9.17, 15) is 18.0 Å². The molecule has 0 spiro atoms. The van der Waals surface area contributed by atoms with Crippen LogP contribution in [0, 0.1) is 18.8 Å². The number of rotatable bonds is 4. The molecule has 0 aliphatic heterocycles. The second kappa shape index (κ2) is 10.0. The summed E-state index contributed by atoms with van der Waals surface area (Å²) in [4.78, 5) is 13.8. The molecule has 7 heteroatoms. The van der Waals surface area contributed by atoms with Crippen LogP contribution in [0.3, 0.4) is 0 Å². The van der Waals surface area contributed by atoms with Gasteiger partial charge in [0.15, 0.2) is 0 Å². The fourth-order valence-corrected chi connectivity index (χ4v) is 4.45. The van der Waals surface area contributed by atoms with Gasteiger partial charge in [0, 0.05) is 20.0 Å². The molecule has 2 aliphatic carbocycles. The molecule has 4 nitrogen and oxygen atoms in total. The zero-order valence-corrected chi connectivity index (χ0v) is 19.7. The first-order valence-corrected chi connectivity index (χ1v) is 11.7. The van der Waals surface area contributed by atoms with Crippen LogP contribution in [0.2, 0.25) is 0 Å². The third-order valence-corrected chi connectivity index (χ3v) is 6.64. The lowest BCUT2D eigenvalue weighted by molar-refractivity contribution is -0.137. The van der Waals surface area contributed by atoms with Gasteiger partial charge in [-0.1, -0.05) is 19.1 Å². The predicted octanol–water partition coefficient (Wildman–Crippen LogP) is 7.15. The maximum atomic E-state index is 12.6. The summed E-state index contributed by atoms with van der Waals surface area (Å²) >= 11 is 0. The number of nitrogens with two attached hydrogens (primary N) is 1. The number of fused-ring (bicyclic) bond motifs is 1. The number of benzene rings is 2. The average molecular weight is 487 g/mol. The molecular weight excluding hydrogens is 453 g/mol. The van der Waals surface area contributed by atoms with Gasteiger partial charge in [0.25, 0.3) is 0 Å². The van der Waals surface area contributed by atoms with Crippen molar-refractivity contribution in [3.63, 3.8) is 0 Å². The van der Waals surface area contributed by atoms with Gasteiger partial charge < -0.3 is 15.5 Å². The van der Waals surface area contributed by atoms with E-state index in [4.69, 9.17) is 10.5 Å². The Balaban J connectivity index is 0.000000342. The van der Waals surface area contributed by atoms with Crippen molar-refractivity contribution in [3.8, 4) is 5.75 Å². The Kier molecular flexibility index (Phi) is 7.08. The van der Waals surface area contributed by atoms with Crippen molar-refractivity contribution in [3.05, 3.63) is 83.2 Å². The molecular formula is C28H33F3N2O2. The summed E-state index contributed by atoms with van der Waals surface area (Å²) in [7, 11) is 0. The summed E-state index contributed by atoms with van der Waals surface area (Å²) in [6.45, 7) is 4.10. The van der Waals surface area contributed by atoms with E-state index < -0.39 is 11.7 Å². The second-order valence-corrected chi connectivity index (χ2v) is 9.43. The molecule has 0 bridgehead atoms. The lowest BCUT2D eigenvalue weighted by atomic mass is 9.77. The molecule has 35 heavy (non-hydrogen) atoms. The van der Waals surface area contributed by atoms with E-state index in [2.05, 4.69) is 17.6 Å². The number of carbonyl (C=O) groups is 1. The number of ether oxygens (including phenoxy) is 1. The lowest BCUT2D eigenvalue weighted by Crippen LogP contribution is -2.32. The maximum absolute atomic E-state index is 12.6. The van der Waals surface area contributed by atoms with Crippen molar-refractivity contribution in [1.29, 1.82) is 0 Å². The largest absolute Gasteiger partial charge is 0.490 e. The van der Waals surface area contributed by atoms with Gasteiger partial charge in [0.05, 0.1) is 17.6 Å². The molecule has 2 atom stereocenters. The number of hydrogen-bond acceptors (Lipinski definition) is 2. The Morgan fingerprint density at radius 1 is 1.11 bits per heavy atom. The van der Waals surface area contributed by atoms with Crippen LogP contribution in [-0.2, 0) is 11.0 Å². The predicted molar refractivity (Wildman–Crippen MR) is 134 cm³/mol. The van der Waals surface area contributed by atoms with Gasteiger partial charge in [-0.05, 0) is 91.6 Å². The minimum Gasteiger partial charge on any atom is -0.490 e. The molecule has 1 heterocycles. The standard InChI is InChI=1S/C20H18F3NO.C8H11NO.2H2/c1-12-11-24-19-7-6-16(10-18(12)19)25-17-8-14(9-17)13-2-4-15(5-3-13)20(21,22)23;1-6-3-2-4-7(5-6)8(9)10;;/h2-7,10-11,14,17,24H,8-9H2,1H3;3-4,6-7H,5H2,1H3,(H2,9,10);2*1H/t;6-,7+;;/m.1../s1. The monoisotopic (exact) mass is 486 g/mol. The van der Waals surface area contributed by atoms with Crippen molar-refractivity contribution < 1.29 is 25.6 Å². The van der Waals surface area contributed by atoms with E-state index in [1.165, 1.54) is 5.56 Å². The highest BCUT2D eigenvalue weighted by Gasteiger charge is 2.34. The molecule has 0 radical (unpaired) electrons. The SMILES string of the molecule is C[C@@H]1C=C=C[C@H](C(N)=O)C1.Cc1c[nH]c2ccc(OC3CC(c4ccc(C(F)(F)F)cc4)C3)cc12.[HH].[HH]. The summed E-state index contributed by atoms with van der Waals surface area (Å²) in [5.74, 6) is 1.20. The van der Waals surface area contributed by atoms with Crippen LogP contribution in [-0.4, -0.2) is 17.0 Å². The number of primary amides is 1. The highest BCUT2D eigenvalue weighted by Crippen LogP contribution is 2.40. The minimum atomic E-state index is -4.28. The first-order valence-electron chi connectivity index (χ1n) is 11.7. The molecule has 0 unspecified atom stereocenters. The molecule has 2 aromatic carbocycles. The first kappa shape index (κ1) is 24.7. The normalized spacial score (nSPS) is 23.3. The van der Waals surface area contributed by atoms with Crippen LogP contribution >= 0.6 is 0 Å². The molecule has 1 saturated carbocycles. The van der Waals surface area contributed by atoms with Gasteiger partial charge in [0.1, 0.15) is 5.75 Å². The molecule has 0 saturated heterocycles.